The second-order valence-electron chi connectivity index (χ2n) is 3.46. The third kappa shape index (κ3) is 2.07. The summed E-state index contributed by atoms with van der Waals surface area (Å²) >= 11 is 1.80. The Labute approximate surface area is 90.7 Å². The highest BCUT2D eigenvalue weighted by molar-refractivity contribution is 7.99. The molecule has 1 unspecified atom stereocenters. The molecule has 2 rings (SSSR count). The number of nitrogens with one attached hydrogen (secondary N) is 1. The quantitative estimate of drug-likeness (QED) is 0.802. The van der Waals surface area contributed by atoms with Gasteiger partial charge in [-0.3, -0.25) is 4.79 Å². The van der Waals surface area contributed by atoms with Crippen LogP contribution in [0.2, 0.25) is 0 Å². The molecular weight excluding hydrogens is 214 g/mol. The molecule has 1 atom stereocenters. The number of carboxylic acids is 1. The van der Waals surface area contributed by atoms with Crippen LogP contribution in [0.5, 0.6) is 0 Å². The van der Waals surface area contributed by atoms with Gasteiger partial charge in [0.1, 0.15) is 5.56 Å². The van der Waals surface area contributed by atoms with Gasteiger partial charge in [-0.1, -0.05) is 0 Å². The molecule has 1 aliphatic heterocycles. The van der Waals surface area contributed by atoms with Crippen molar-refractivity contribution in [1.82, 2.24) is 4.98 Å². The van der Waals surface area contributed by atoms with Crippen LogP contribution < -0.4 is 5.56 Å². The van der Waals surface area contributed by atoms with Gasteiger partial charge in [-0.2, -0.15) is 11.8 Å². The molecule has 1 aromatic heterocycles. The predicted octanol–water partition coefficient (Wildman–Crippen LogP) is 1.64. The fourth-order valence-electron chi connectivity index (χ4n) is 1.67. The maximum Gasteiger partial charge on any atom is 0.341 e. The van der Waals surface area contributed by atoms with Crippen LogP contribution in [-0.4, -0.2) is 21.8 Å². The number of hydrogen-bond donors (Lipinski definition) is 2. The number of H-pyrrole nitrogens is 1. The van der Waals surface area contributed by atoms with Crippen LogP contribution in [0, 0.1) is 0 Å². The van der Waals surface area contributed by atoms with E-state index in [-0.39, 0.29) is 5.56 Å². The van der Waals surface area contributed by atoms with Gasteiger partial charge in [-0.15, -0.1) is 0 Å². The Kier molecular flexibility index (Phi) is 2.81. The molecule has 0 amide bonds. The normalized spacial score (nSPS) is 20.4. The van der Waals surface area contributed by atoms with Gasteiger partial charge in [0.2, 0.25) is 0 Å². The van der Waals surface area contributed by atoms with Crippen molar-refractivity contribution in [3.8, 4) is 0 Å². The summed E-state index contributed by atoms with van der Waals surface area (Å²) in [6.07, 6.45) is 2.20. The summed E-state index contributed by atoms with van der Waals surface area (Å²) in [5.74, 6) is -0.0743. The van der Waals surface area contributed by atoms with Crippen LogP contribution in [0.3, 0.4) is 0 Å². The van der Waals surface area contributed by atoms with Gasteiger partial charge in [0.05, 0.1) is 0 Å². The minimum atomic E-state index is -1.18. The topological polar surface area (TPSA) is 70.2 Å². The summed E-state index contributed by atoms with van der Waals surface area (Å²) < 4.78 is 0. The van der Waals surface area contributed by atoms with Crippen molar-refractivity contribution in [2.45, 2.75) is 18.1 Å². The van der Waals surface area contributed by atoms with E-state index in [1.54, 1.807) is 17.8 Å². The third-order valence-corrected chi connectivity index (χ3v) is 3.86. The van der Waals surface area contributed by atoms with Crippen LogP contribution in [-0.2, 0) is 0 Å². The SMILES string of the molecule is O=C(O)c1ccc(C2CCCS2)[nH]c1=O. The molecule has 0 aromatic carbocycles. The molecule has 80 valence electrons. The van der Waals surface area contributed by atoms with Crippen molar-refractivity contribution in [2.24, 2.45) is 0 Å². The summed E-state index contributed by atoms with van der Waals surface area (Å²) in [6.45, 7) is 0. The minimum Gasteiger partial charge on any atom is -0.477 e. The van der Waals surface area contributed by atoms with Gasteiger partial charge >= 0.3 is 5.97 Å². The number of aromatic carboxylic acids is 1. The van der Waals surface area contributed by atoms with E-state index in [1.807, 2.05) is 0 Å². The Hall–Kier alpha value is -1.23. The predicted molar refractivity (Wildman–Crippen MR) is 58.5 cm³/mol. The highest BCUT2D eigenvalue weighted by atomic mass is 32.2. The third-order valence-electron chi connectivity index (χ3n) is 2.44. The van der Waals surface area contributed by atoms with Crippen molar-refractivity contribution in [3.63, 3.8) is 0 Å². The second-order valence-corrected chi connectivity index (χ2v) is 4.77. The standard InChI is InChI=1S/C10H11NO3S/c12-9-6(10(13)14)3-4-7(11-9)8-2-1-5-15-8/h3-4,8H,1-2,5H2,(H,11,12)(H,13,14). The maximum atomic E-state index is 11.4. The molecule has 1 aliphatic rings. The zero-order chi connectivity index (χ0) is 10.8. The molecule has 2 heterocycles. The van der Waals surface area contributed by atoms with E-state index in [9.17, 15) is 9.59 Å². The summed E-state index contributed by atoms with van der Waals surface area (Å²) in [7, 11) is 0. The first-order valence-corrected chi connectivity index (χ1v) is 5.81. The lowest BCUT2D eigenvalue weighted by Crippen LogP contribution is -2.18. The van der Waals surface area contributed by atoms with E-state index in [4.69, 9.17) is 5.11 Å². The molecule has 0 radical (unpaired) electrons. The first-order chi connectivity index (χ1) is 7.18. The molecule has 1 fully saturated rings. The van der Waals surface area contributed by atoms with Crippen LogP contribution in [0.4, 0.5) is 0 Å². The molecule has 5 heteroatoms. The van der Waals surface area contributed by atoms with Crippen molar-refractivity contribution < 1.29 is 9.90 Å². The maximum absolute atomic E-state index is 11.4. The number of aromatic amines is 1. The summed E-state index contributed by atoms with van der Waals surface area (Å²) in [6, 6.07) is 3.09. The van der Waals surface area contributed by atoms with Crippen LogP contribution in [0.25, 0.3) is 0 Å². The number of aromatic nitrogens is 1. The van der Waals surface area contributed by atoms with Crippen molar-refractivity contribution in [1.29, 1.82) is 0 Å². The molecule has 2 N–H and O–H groups in total. The summed E-state index contributed by atoms with van der Waals surface area (Å²) in [5, 5.41) is 9.02. The molecule has 15 heavy (non-hydrogen) atoms. The van der Waals surface area contributed by atoms with Crippen molar-refractivity contribution in [2.75, 3.05) is 5.75 Å². The number of thioether (sulfide) groups is 1. The van der Waals surface area contributed by atoms with Crippen LogP contribution >= 0.6 is 11.8 Å². The average Bonchev–Trinajstić information content (AvgIpc) is 2.69. The lowest BCUT2D eigenvalue weighted by atomic mass is 10.1. The van der Waals surface area contributed by atoms with E-state index in [2.05, 4.69) is 4.98 Å². The zero-order valence-corrected chi connectivity index (χ0v) is 8.84. The molecule has 0 saturated carbocycles. The smallest absolute Gasteiger partial charge is 0.341 e. The highest BCUT2D eigenvalue weighted by Crippen LogP contribution is 2.38. The molecule has 0 spiro atoms. The van der Waals surface area contributed by atoms with Gasteiger partial charge in [0.15, 0.2) is 0 Å². The molecular formula is C10H11NO3S. The molecule has 0 aliphatic carbocycles. The number of hydrogen-bond acceptors (Lipinski definition) is 3. The van der Waals surface area contributed by atoms with Gasteiger partial charge in [-0.05, 0) is 30.7 Å². The van der Waals surface area contributed by atoms with Crippen molar-refractivity contribution >= 4 is 17.7 Å². The number of pyridine rings is 1. The largest absolute Gasteiger partial charge is 0.477 e. The lowest BCUT2D eigenvalue weighted by Gasteiger charge is -2.08. The van der Waals surface area contributed by atoms with E-state index < -0.39 is 11.5 Å². The summed E-state index contributed by atoms with van der Waals surface area (Å²) in [4.78, 5) is 24.7. The zero-order valence-electron chi connectivity index (χ0n) is 8.03. The van der Waals surface area contributed by atoms with Gasteiger partial charge in [-0.25, -0.2) is 4.79 Å². The van der Waals surface area contributed by atoms with Crippen LogP contribution in [0.1, 0.15) is 34.1 Å². The van der Waals surface area contributed by atoms with Crippen LogP contribution in [0.15, 0.2) is 16.9 Å². The molecule has 4 nitrogen and oxygen atoms in total. The Morgan fingerprint density at radius 2 is 2.33 bits per heavy atom. The molecule has 1 aromatic rings. The fraction of sp³-hybridized carbons (Fsp3) is 0.400. The van der Waals surface area contributed by atoms with E-state index >= 15 is 0 Å². The Morgan fingerprint density at radius 1 is 1.53 bits per heavy atom. The molecule has 0 bridgehead atoms. The first-order valence-electron chi connectivity index (χ1n) is 4.76. The monoisotopic (exact) mass is 225 g/mol. The van der Waals surface area contributed by atoms with Gasteiger partial charge in [0.25, 0.3) is 5.56 Å². The minimum absolute atomic E-state index is 0.193. The Morgan fingerprint density at radius 3 is 2.87 bits per heavy atom. The highest BCUT2D eigenvalue weighted by Gasteiger charge is 2.19. The Balaban J connectivity index is 2.32. The Bertz CT molecular complexity index is 435. The van der Waals surface area contributed by atoms with E-state index in [1.165, 1.54) is 6.07 Å². The average molecular weight is 225 g/mol. The number of rotatable bonds is 2. The molecule has 1 saturated heterocycles. The summed E-state index contributed by atoms with van der Waals surface area (Å²) in [5.41, 5.74) is 0.141. The van der Waals surface area contributed by atoms with Gasteiger partial charge in [0, 0.05) is 10.9 Å². The first kappa shape index (κ1) is 10.3. The van der Waals surface area contributed by atoms with E-state index in [0.29, 0.717) is 5.25 Å². The second kappa shape index (κ2) is 4.10. The number of carboxylic acid groups (broad SMARTS) is 1. The lowest BCUT2D eigenvalue weighted by molar-refractivity contribution is 0.0695. The van der Waals surface area contributed by atoms with Crippen molar-refractivity contribution in [3.05, 3.63) is 33.7 Å². The van der Waals surface area contributed by atoms with Gasteiger partial charge < -0.3 is 10.1 Å². The number of carbonyl (C=O) groups is 1. The van der Waals surface area contributed by atoms with E-state index in [0.717, 1.165) is 24.3 Å². The fourth-order valence-corrected chi connectivity index (χ4v) is 2.94.